The molecule has 0 aliphatic carbocycles. The number of aryl methyl sites for hydroxylation is 1. The largest absolute Gasteiger partial charge is 0.486 e. The van der Waals surface area contributed by atoms with Crippen LogP contribution in [0, 0.1) is 0 Å². The van der Waals surface area contributed by atoms with Gasteiger partial charge in [0.05, 0.1) is 13.2 Å². The van der Waals surface area contributed by atoms with Crippen molar-refractivity contribution in [3.63, 3.8) is 0 Å². The maximum atomic E-state index is 12.4. The monoisotopic (exact) mass is 407 g/mol. The third-order valence-electron chi connectivity index (χ3n) is 5.00. The predicted octanol–water partition coefficient (Wildman–Crippen LogP) is 2.16. The summed E-state index contributed by atoms with van der Waals surface area (Å²) in [6.07, 6.45) is 5.41. The third kappa shape index (κ3) is 4.96. The molecule has 1 amide bonds. The molecule has 3 heterocycles. The number of imidazole rings is 1. The van der Waals surface area contributed by atoms with Crippen molar-refractivity contribution in [2.24, 2.45) is 7.05 Å². The van der Waals surface area contributed by atoms with Crippen LogP contribution in [0.15, 0.2) is 55.0 Å². The molecule has 1 saturated heterocycles. The fourth-order valence-corrected chi connectivity index (χ4v) is 3.17. The molecule has 1 aromatic carbocycles. The molecular formula is C22H25N5O3. The summed E-state index contributed by atoms with van der Waals surface area (Å²) in [5.74, 6) is 2.33. The van der Waals surface area contributed by atoms with Gasteiger partial charge in [-0.2, -0.15) is 0 Å². The van der Waals surface area contributed by atoms with Gasteiger partial charge < -0.3 is 24.3 Å². The Morgan fingerprint density at radius 1 is 1.13 bits per heavy atom. The Labute approximate surface area is 175 Å². The van der Waals surface area contributed by atoms with Crippen molar-refractivity contribution in [1.29, 1.82) is 0 Å². The van der Waals surface area contributed by atoms with Crippen LogP contribution in [0.3, 0.4) is 0 Å². The van der Waals surface area contributed by atoms with Crippen LogP contribution >= 0.6 is 0 Å². The van der Waals surface area contributed by atoms with E-state index in [0.29, 0.717) is 24.5 Å². The Bertz CT molecular complexity index is 963. The minimum atomic E-state index is -0.136. The first-order valence-electron chi connectivity index (χ1n) is 9.94. The van der Waals surface area contributed by atoms with Crippen LogP contribution in [0.4, 0.5) is 5.82 Å². The molecule has 30 heavy (non-hydrogen) atoms. The molecule has 0 unspecified atom stereocenters. The number of carbonyl (C=O) groups excluding carboxylic acids is 1. The van der Waals surface area contributed by atoms with Gasteiger partial charge in [-0.3, -0.25) is 4.79 Å². The number of aromatic nitrogens is 3. The number of nitrogens with one attached hydrogen (secondary N) is 1. The van der Waals surface area contributed by atoms with E-state index in [2.05, 4.69) is 20.2 Å². The number of nitrogens with zero attached hydrogens (tertiary/aromatic N) is 4. The van der Waals surface area contributed by atoms with E-state index in [0.717, 1.165) is 43.5 Å². The predicted molar refractivity (Wildman–Crippen MR) is 112 cm³/mol. The first kappa shape index (κ1) is 19.9. The van der Waals surface area contributed by atoms with E-state index in [1.54, 1.807) is 36.7 Å². The molecule has 1 aliphatic rings. The second-order valence-corrected chi connectivity index (χ2v) is 7.07. The van der Waals surface area contributed by atoms with Crippen LogP contribution in [-0.4, -0.2) is 46.7 Å². The average molecular weight is 407 g/mol. The number of pyridine rings is 1. The molecule has 8 nitrogen and oxygen atoms in total. The van der Waals surface area contributed by atoms with Crippen molar-refractivity contribution < 1.29 is 14.3 Å². The molecule has 1 fully saturated rings. The van der Waals surface area contributed by atoms with Crippen molar-refractivity contribution in [3.8, 4) is 5.75 Å². The summed E-state index contributed by atoms with van der Waals surface area (Å²) in [5, 5.41) is 2.93. The summed E-state index contributed by atoms with van der Waals surface area (Å²) >= 11 is 0. The van der Waals surface area contributed by atoms with Gasteiger partial charge in [-0.1, -0.05) is 6.07 Å². The van der Waals surface area contributed by atoms with Gasteiger partial charge in [-0.25, -0.2) is 9.97 Å². The van der Waals surface area contributed by atoms with Crippen LogP contribution in [0.1, 0.15) is 21.7 Å². The van der Waals surface area contributed by atoms with Gasteiger partial charge in [0.2, 0.25) is 0 Å². The van der Waals surface area contributed by atoms with Crippen LogP contribution < -0.4 is 15.0 Å². The summed E-state index contributed by atoms with van der Waals surface area (Å²) in [6, 6.07) is 11.1. The number of morpholine rings is 1. The number of anilines is 1. The van der Waals surface area contributed by atoms with Crippen LogP contribution in [0.25, 0.3) is 0 Å². The molecule has 156 valence electrons. The van der Waals surface area contributed by atoms with Gasteiger partial charge >= 0.3 is 0 Å². The van der Waals surface area contributed by atoms with E-state index in [1.807, 2.05) is 29.9 Å². The Hall–Kier alpha value is -3.39. The average Bonchev–Trinajstić information content (AvgIpc) is 3.22. The minimum Gasteiger partial charge on any atom is -0.486 e. The molecule has 0 bridgehead atoms. The highest BCUT2D eigenvalue weighted by Gasteiger charge is 2.12. The van der Waals surface area contributed by atoms with Crippen molar-refractivity contribution >= 4 is 11.7 Å². The summed E-state index contributed by atoms with van der Waals surface area (Å²) in [7, 11) is 1.92. The lowest BCUT2D eigenvalue weighted by molar-refractivity contribution is 0.0951. The summed E-state index contributed by atoms with van der Waals surface area (Å²) in [4.78, 5) is 23.4. The quantitative estimate of drug-likeness (QED) is 0.646. The zero-order chi connectivity index (χ0) is 20.8. The SMILES string of the molecule is Cn1ccnc1COc1ccc(C(=O)NCc2ccc(N3CCOCC3)nc2)cc1. The molecule has 2 aromatic heterocycles. The van der Waals surface area contributed by atoms with E-state index in [1.165, 1.54) is 0 Å². The molecule has 1 aliphatic heterocycles. The second kappa shape index (κ2) is 9.41. The highest BCUT2D eigenvalue weighted by molar-refractivity contribution is 5.94. The first-order chi connectivity index (χ1) is 14.7. The van der Waals surface area contributed by atoms with E-state index < -0.39 is 0 Å². The van der Waals surface area contributed by atoms with Gasteiger partial charge in [-0.05, 0) is 35.9 Å². The standard InChI is InChI=1S/C22H25N5O3/c1-26-9-8-23-21(26)16-30-19-5-3-18(4-6-19)22(28)25-15-17-2-7-20(24-14-17)27-10-12-29-13-11-27/h2-9,14H,10-13,15-16H2,1H3,(H,25,28). The fourth-order valence-electron chi connectivity index (χ4n) is 3.17. The summed E-state index contributed by atoms with van der Waals surface area (Å²) in [5.41, 5.74) is 1.53. The lowest BCUT2D eigenvalue weighted by atomic mass is 10.2. The van der Waals surface area contributed by atoms with Gasteiger partial charge in [0.25, 0.3) is 5.91 Å². The number of benzene rings is 1. The van der Waals surface area contributed by atoms with Crippen molar-refractivity contribution in [2.75, 3.05) is 31.2 Å². The van der Waals surface area contributed by atoms with Crippen LogP contribution in [0.5, 0.6) is 5.75 Å². The smallest absolute Gasteiger partial charge is 0.251 e. The number of hydrogen-bond acceptors (Lipinski definition) is 6. The zero-order valence-corrected chi connectivity index (χ0v) is 17.0. The molecule has 0 atom stereocenters. The van der Waals surface area contributed by atoms with Crippen molar-refractivity contribution in [2.45, 2.75) is 13.2 Å². The lowest BCUT2D eigenvalue weighted by Crippen LogP contribution is -2.36. The molecule has 8 heteroatoms. The number of carbonyl (C=O) groups is 1. The maximum Gasteiger partial charge on any atom is 0.251 e. The zero-order valence-electron chi connectivity index (χ0n) is 17.0. The van der Waals surface area contributed by atoms with E-state index in [4.69, 9.17) is 9.47 Å². The summed E-state index contributed by atoms with van der Waals surface area (Å²) in [6.45, 7) is 3.96. The van der Waals surface area contributed by atoms with E-state index >= 15 is 0 Å². The van der Waals surface area contributed by atoms with Crippen molar-refractivity contribution in [1.82, 2.24) is 19.9 Å². The Kier molecular flexibility index (Phi) is 6.24. The number of amides is 1. The van der Waals surface area contributed by atoms with Crippen LogP contribution in [-0.2, 0) is 24.9 Å². The van der Waals surface area contributed by atoms with E-state index in [9.17, 15) is 4.79 Å². The summed E-state index contributed by atoms with van der Waals surface area (Å²) < 4.78 is 13.0. The van der Waals surface area contributed by atoms with Gasteiger partial charge in [0.1, 0.15) is 24.0 Å². The molecule has 1 N–H and O–H groups in total. The minimum absolute atomic E-state index is 0.136. The maximum absolute atomic E-state index is 12.4. The Balaban J connectivity index is 1.27. The molecule has 4 rings (SSSR count). The lowest BCUT2D eigenvalue weighted by Gasteiger charge is -2.27. The van der Waals surface area contributed by atoms with Gasteiger partial charge in [0.15, 0.2) is 0 Å². The van der Waals surface area contributed by atoms with E-state index in [-0.39, 0.29) is 5.91 Å². The molecule has 0 saturated carbocycles. The molecule has 0 radical (unpaired) electrons. The number of hydrogen-bond donors (Lipinski definition) is 1. The Morgan fingerprint density at radius 3 is 2.60 bits per heavy atom. The highest BCUT2D eigenvalue weighted by Crippen LogP contribution is 2.15. The third-order valence-corrected chi connectivity index (χ3v) is 5.00. The first-order valence-corrected chi connectivity index (χ1v) is 9.94. The highest BCUT2D eigenvalue weighted by atomic mass is 16.5. The second-order valence-electron chi connectivity index (χ2n) is 7.07. The normalized spacial score (nSPS) is 13.8. The van der Waals surface area contributed by atoms with Gasteiger partial charge in [0, 0.05) is 50.8 Å². The van der Waals surface area contributed by atoms with Crippen LogP contribution in [0.2, 0.25) is 0 Å². The van der Waals surface area contributed by atoms with Crippen molar-refractivity contribution in [3.05, 3.63) is 71.9 Å². The molecule has 3 aromatic rings. The fraction of sp³-hybridized carbons (Fsp3) is 0.318. The number of ether oxygens (including phenoxy) is 2. The topological polar surface area (TPSA) is 81.5 Å². The number of rotatable bonds is 7. The molecule has 0 spiro atoms. The Morgan fingerprint density at radius 2 is 1.93 bits per heavy atom. The molecular weight excluding hydrogens is 382 g/mol. The van der Waals surface area contributed by atoms with Gasteiger partial charge in [-0.15, -0.1) is 0 Å².